The van der Waals surface area contributed by atoms with Crippen molar-refractivity contribution in [3.63, 3.8) is 0 Å². The lowest BCUT2D eigenvalue weighted by Gasteiger charge is -2.21. The zero-order chi connectivity index (χ0) is 22.5. The Morgan fingerprint density at radius 3 is 1.72 bits per heavy atom. The monoisotopic (exact) mass is 416 g/mol. The molecule has 29 heavy (non-hydrogen) atoms. The van der Waals surface area contributed by atoms with Crippen molar-refractivity contribution in [1.82, 2.24) is 10.6 Å². The average Bonchev–Trinajstić information content (AvgIpc) is 2.53. The molecule has 2 amide bonds. The second-order valence-corrected chi connectivity index (χ2v) is 9.61. The maximum atomic E-state index is 11.6. The summed E-state index contributed by atoms with van der Waals surface area (Å²) < 4.78 is 16.3. The van der Waals surface area contributed by atoms with E-state index in [1.807, 2.05) is 41.5 Å². The third kappa shape index (κ3) is 18.3. The Labute approximate surface area is 177 Å². The number of unbranched alkanes of at least 4 members (excludes halogenated alkanes) is 2. The highest BCUT2D eigenvalue weighted by Crippen LogP contribution is 2.16. The molecule has 7 heteroatoms. The van der Waals surface area contributed by atoms with E-state index in [0.29, 0.717) is 25.6 Å². The summed E-state index contributed by atoms with van der Waals surface area (Å²) in [5, 5.41) is 5.52. The fourth-order valence-corrected chi connectivity index (χ4v) is 2.52. The average molecular weight is 417 g/mol. The van der Waals surface area contributed by atoms with Crippen LogP contribution in [-0.2, 0) is 14.2 Å². The lowest BCUT2D eigenvalue weighted by Crippen LogP contribution is -2.33. The van der Waals surface area contributed by atoms with Crippen LogP contribution < -0.4 is 10.6 Å². The summed E-state index contributed by atoms with van der Waals surface area (Å²) in [7, 11) is 0. The Morgan fingerprint density at radius 2 is 1.24 bits per heavy atom. The summed E-state index contributed by atoms with van der Waals surface area (Å²) >= 11 is 0. The molecule has 2 atom stereocenters. The Bertz CT molecular complexity index is 469. The van der Waals surface area contributed by atoms with E-state index in [2.05, 4.69) is 24.5 Å². The summed E-state index contributed by atoms with van der Waals surface area (Å²) in [4.78, 5) is 23.1. The van der Waals surface area contributed by atoms with E-state index in [-0.39, 0.29) is 18.3 Å². The normalized spacial score (nSPS) is 14.1. The zero-order valence-corrected chi connectivity index (χ0v) is 19.9. The van der Waals surface area contributed by atoms with Gasteiger partial charge in [0.15, 0.2) is 0 Å². The van der Waals surface area contributed by atoms with E-state index < -0.39 is 11.2 Å². The fraction of sp³-hybridized carbons (Fsp3) is 0.909. The summed E-state index contributed by atoms with van der Waals surface area (Å²) in [5.41, 5.74) is -0.933. The molecular formula is C22H44N2O5. The van der Waals surface area contributed by atoms with Crippen molar-refractivity contribution in [3.05, 3.63) is 0 Å². The van der Waals surface area contributed by atoms with Gasteiger partial charge in [-0.25, -0.2) is 9.59 Å². The van der Waals surface area contributed by atoms with Crippen molar-refractivity contribution < 1.29 is 23.8 Å². The molecule has 0 aromatic heterocycles. The van der Waals surface area contributed by atoms with Gasteiger partial charge < -0.3 is 24.8 Å². The number of hydrogen-bond acceptors (Lipinski definition) is 5. The van der Waals surface area contributed by atoms with Crippen molar-refractivity contribution >= 4 is 12.2 Å². The molecule has 0 aliphatic heterocycles. The molecule has 0 saturated carbocycles. The van der Waals surface area contributed by atoms with Crippen LogP contribution >= 0.6 is 0 Å². The topological polar surface area (TPSA) is 85.9 Å². The third-order valence-electron chi connectivity index (χ3n) is 4.18. The second kappa shape index (κ2) is 13.7. The third-order valence-corrected chi connectivity index (χ3v) is 4.18. The molecule has 0 radical (unpaired) electrons. The lowest BCUT2D eigenvalue weighted by molar-refractivity contribution is 0.0246. The first-order valence-electron chi connectivity index (χ1n) is 10.9. The van der Waals surface area contributed by atoms with Gasteiger partial charge in [0, 0.05) is 19.7 Å². The number of hydrogen-bond donors (Lipinski definition) is 2. The minimum atomic E-state index is -0.476. The number of carbonyl (C=O) groups is 2. The highest BCUT2D eigenvalue weighted by atomic mass is 16.6. The second-order valence-electron chi connectivity index (χ2n) is 9.61. The van der Waals surface area contributed by atoms with E-state index in [4.69, 9.17) is 14.2 Å². The number of nitrogens with one attached hydrogen (secondary N) is 2. The van der Waals surface area contributed by atoms with Gasteiger partial charge in [0.2, 0.25) is 0 Å². The highest BCUT2D eigenvalue weighted by Gasteiger charge is 2.17. The highest BCUT2D eigenvalue weighted by molar-refractivity contribution is 5.67. The van der Waals surface area contributed by atoms with E-state index in [9.17, 15) is 9.59 Å². The van der Waals surface area contributed by atoms with Crippen molar-refractivity contribution in [2.75, 3.05) is 19.7 Å². The molecule has 0 aliphatic carbocycles. The molecule has 0 rings (SSSR count). The van der Waals surface area contributed by atoms with Gasteiger partial charge in [-0.2, -0.15) is 0 Å². The van der Waals surface area contributed by atoms with Gasteiger partial charge >= 0.3 is 12.2 Å². The molecular weight excluding hydrogens is 372 g/mol. The van der Waals surface area contributed by atoms with Crippen LogP contribution in [0.2, 0.25) is 0 Å². The molecule has 0 fully saturated rings. The minimum absolute atomic E-state index is 0.177. The van der Waals surface area contributed by atoms with Gasteiger partial charge in [-0.15, -0.1) is 0 Å². The Kier molecular flexibility index (Phi) is 13.0. The largest absolute Gasteiger partial charge is 0.444 e. The van der Waals surface area contributed by atoms with Gasteiger partial charge in [-0.1, -0.05) is 19.8 Å². The number of rotatable bonds is 12. The van der Waals surface area contributed by atoms with Crippen LogP contribution in [0.1, 0.15) is 87.5 Å². The molecule has 0 heterocycles. The molecule has 2 unspecified atom stereocenters. The molecule has 7 nitrogen and oxygen atoms in total. The SMILES string of the molecule is CC(CCCCCNC(=O)OC(C)(C)C)C(C)OCCCNC(=O)OC(C)(C)C. The first kappa shape index (κ1) is 27.5. The fourth-order valence-electron chi connectivity index (χ4n) is 2.52. The molecule has 172 valence electrons. The number of carbonyl (C=O) groups excluding carboxylic acids is 2. The van der Waals surface area contributed by atoms with Gasteiger partial charge in [-0.05, 0) is 73.6 Å². The summed E-state index contributed by atoms with van der Waals surface area (Å²) in [6.45, 7) is 17.2. The van der Waals surface area contributed by atoms with Crippen LogP contribution in [0, 0.1) is 5.92 Å². The minimum Gasteiger partial charge on any atom is -0.444 e. The van der Waals surface area contributed by atoms with Crippen LogP contribution in [0.5, 0.6) is 0 Å². The van der Waals surface area contributed by atoms with Crippen LogP contribution in [0.15, 0.2) is 0 Å². The molecule has 0 spiro atoms. The standard InChI is InChI=1S/C22H44N2O5/c1-17(13-10-9-11-14-23-19(25)28-21(3,4)5)18(2)27-16-12-15-24-20(26)29-22(6,7)8/h17-18H,9-16H2,1-8H3,(H,23,25)(H,24,26). The smallest absolute Gasteiger partial charge is 0.407 e. The maximum Gasteiger partial charge on any atom is 0.407 e. The van der Waals surface area contributed by atoms with E-state index in [1.165, 1.54) is 0 Å². The summed E-state index contributed by atoms with van der Waals surface area (Å²) in [5.74, 6) is 0.465. The van der Waals surface area contributed by atoms with Crippen molar-refractivity contribution in [2.24, 2.45) is 5.92 Å². The van der Waals surface area contributed by atoms with Gasteiger partial charge in [0.05, 0.1) is 6.10 Å². The maximum absolute atomic E-state index is 11.6. The predicted octanol–water partition coefficient (Wildman–Crippen LogP) is 5.03. The quantitative estimate of drug-likeness (QED) is 0.436. The van der Waals surface area contributed by atoms with Gasteiger partial charge in [0.1, 0.15) is 11.2 Å². The van der Waals surface area contributed by atoms with Crippen molar-refractivity contribution in [1.29, 1.82) is 0 Å². The van der Waals surface area contributed by atoms with Crippen molar-refractivity contribution in [3.8, 4) is 0 Å². The van der Waals surface area contributed by atoms with Crippen LogP contribution in [0.3, 0.4) is 0 Å². The molecule has 0 aliphatic rings. The van der Waals surface area contributed by atoms with Gasteiger partial charge in [0.25, 0.3) is 0 Å². The van der Waals surface area contributed by atoms with Gasteiger partial charge in [-0.3, -0.25) is 0 Å². The Hall–Kier alpha value is -1.50. The molecule has 0 bridgehead atoms. The Balaban J connectivity index is 3.66. The summed E-state index contributed by atoms with van der Waals surface area (Å²) in [6.07, 6.45) is 4.39. The first-order valence-corrected chi connectivity index (χ1v) is 10.9. The number of alkyl carbamates (subject to hydrolysis) is 2. The summed E-state index contributed by atoms with van der Waals surface area (Å²) in [6, 6.07) is 0. The number of amides is 2. The van der Waals surface area contributed by atoms with E-state index in [0.717, 1.165) is 32.1 Å². The van der Waals surface area contributed by atoms with Crippen LogP contribution in [0.25, 0.3) is 0 Å². The van der Waals surface area contributed by atoms with Crippen molar-refractivity contribution in [2.45, 2.75) is 105 Å². The van der Waals surface area contributed by atoms with Crippen LogP contribution in [-0.4, -0.2) is 49.2 Å². The molecule has 0 saturated heterocycles. The van der Waals surface area contributed by atoms with E-state index in [1.54, 1.807) is 0 Å². The lowest BCUT2D eigenvalue weighted by atomic mass is 9.98. The Morgan fingerprint density at radius 1 is 0.759 bits per heavy atom. The zero-order valence-electron chi connectivity index (χ0n) is 19.9. The molecule has 0 aromatic rings. The molecule has 2 N–H and O–H groups in total. The predicted molar refractivity (Wildman–Crippen MR) is 116 cm³/mol. The first-order chi connectivity index (χ1) is 13.3. The number of ether oxygens (including phenoxy) is 3. The molecule has 0 aromatic carbocycles. The van der Waals surface area contributed by atoms with Crippen LogP contribution in [0.4, 0.5) is 9.59 Å². The van der Waals surface area contributed by atoms with E-state index >= 15 is 0 Å².